The Morgan fingerprint density at radius 1 is 1.42 bits per heavy atom. The van der Waals surface area contributed by atoms with Gasteiger partial charge in [0.05, 0.1) is 10.7 Å². The topological polar surface area (TPSA) is 73.7 Å². The molecule has 3 heterocycles. The van der Waals surface area contributed by atoms with E-state index in [9.17, 15) is 14.7 Å². The average molecular weight is 351 g/mol. The normalized spacial score (nSPS) is 23.8. The van der Waals surface area contributed by atoms with Crippen LogP contribution in [0, 0.1) is 5.41 Å². The second-order valence-electron chi connectivity index (χ2n) is 7.06. The summed E-state index contributed by atoms with van der Waals surface area (Å²) in [7, 11) is 0. The standard InChI is InChI=1S/C17H25N3O3S/c1-3-15-18-13(10-24-15)9-20-11-17(8-14(20)16(22)23)4-6-19(7-5-17)12(2)21/h10,14H,3-9,11H2,1-2H3,(H,22,23)/t14-/m0/s1. The summed E-state index contributed by atoms with van der Waals surface area (Å²) in [6.07, 6.45) is 3.38. The third-order valence-corrected chi connectivity index (χ3v) is 6.47. The molecule has 1 amide bonds. The minimum Gasteiger partial charge on any atom is -0.480 e. The number of aliphatic carboxylic acids is 1. The van der Waals surface area contributed by atoms with Gasteiger partial charge in [0, 0.05) is 38.5 Å². The zero-order valence-corrected chi connectivity index (χ0v) is 15.1. The fraction of sp³-hybridized carbons (Fsp3) is 0.706. The molecule has 132 valence electrons. The van der Waals surface area contributed by atoms with Gasteiger partial charge >= 0.3 is 5.97 Å². The average Bonchev–Trinajstić information content (AvgIpc) is 3.13. The fourth-order valence-electron chi connectivity index (χ4n) is 4.00. The first kappa shape index (κ1) is 17.4. The number of rotatable bonds is 4. The zero-order chi connectivity index (χ0) is 17.3. The van der Waals surface area contributed by atoms with Crippen LogP contribution in [-0.4, -0.2) is 57.4 Å². The quantitative estimate of drug-likeness (QED) is 0.898. The molecule has 1 aromatic rings. The molecule has 2 fully saturated rings. The molecule has 2 saturated heterocycles. The minimum atomic E-state index is -0.744. The molecular formula is C17H25N3O3S. The van der Waals surface area contributed by atoms with Crippen molar-refractivity contribution in [2.45, 2.75) is 52.1 Å². The molecule has 0 saturated carbocycles. The van der Waals surface area contributed by atoms with E-state index in [2.05, 4.69) is 16.8 Å². The van der Waals surface area contributed by atoms with Gasteiger partial charge in [0.25, 0.3) is 0 Å². The van der Waals surface area contributed by atoms with E-state index in [0.29, 0.717) is 13.0 Å². The molecule has 1 spiro atoms. The Balaban J connectivity index is 1.70. The molecule has 0 aliphatic carbocycles. The zero-order valence-electron chi connectivity index (χ0n) is 14.3. The molecule has 3 rings (SSSR count). The van der Waals surface area contributed by atoms with Crippen molar-refractivity contribution >= 4 is 23.2 Å². The molecule has 24 heavy (non-hydrogen) atoms. The van der Waals surface area contributed by atoms with Crippen LogP contribution in [0.15, 0.2) is 5.38 Å². The Hall–Kier alpha value is -1.47. The summed E-state index contributed by atoms with van der Waals surface area (Å²) in [5, 5.41) is 12.8. The van der Waals surface area contributed by atoms with Gasteiger partial charge in [-0.2, -0.15) is 0 Å². The van der Waals surface area contributed by atoms with Gasteiger partial charge in [-0.1, -0.05) is 6.92 Å². The van der Waals surface area contributed by atoms with Gasteiger partial charge < -0.3 is 10.0 Å². The SMILES string of the molecule is CCc1nc(CN2CC3(CCN(C(C)=O)CC3)C[C@H]2C(=O)O)cs1. The predicted molar refractivity (Wildman–Crippen MR) is 91.9 cm³/mol. The fourth-order valence-corrected chi connectivity index (χ4v) is 4.74. The molecule has 0 radical (unpaired) electrons. The van der Waals surface area contributed by atoms with E-state index in [-0.39, 0.29) is 11.3 Å². The maximum Gasteiger partial charge on any atom is 0.320 e. The highest BCUT2D eigenvalue weighted by atomic mass is 32.1. The molecule has 1 aromatic heterocycles. The van der Waals surface area contributed by atoms with Crippen molar-refractivity contribution in [2.24, 2.45) is 5.41 Å². The van der Waals surface area contributed by atoms with E-state index < -0.39 is 12.0 Å². The highest BCUT2D eigenvalue weighted by Crippen LogP contribution is 2.44. The number of piperidine rings is 1. The van der Waals surface area contributed by atoms with Crippen LogP contribution in [-0.2, 0) is 22.6 Å². The van der Waals surface area contributed by atoms with E-state index in [0.717, 1.165) is 49.6 Å². The van der Waals surface area contributed by atoms with Crippen molar-refractivity contribution in [1.82, 2.24) is 14.8 Å². The molecule has 0 bridgehead atoms. The number of carboxylic acids is 1. The van der Waals surface area contributed by atoms with Crippen molar-refractivity contribution in [1.29, 1.82) is 0 Å². The van der Waals surface area contributed by atoms with Gasteiger partial charge in [0.1, 0.15) is 6.04 Å². The maximum atomic E-state index is 11.7. The highest BCUT2D eigenvalue weighted by Gasteiger charge is 2.48. The Labute approximate surface area is 146 Å². The summed E-state index contributed by atoms with van der Waals surface area (Å²) in [5.41, 5.74) is 1.000. The van der Waals surface area contributed by atoms with Crippen molar-refractivity contribution in [3.63, 3.8) is 0 Å². The van der Waals surface area contributed by atoms with Crippen LogP contribution in [0.1, 0.15) is 43.8 Å². The number of carbonyl (C=O) groups excluding carboxylic acids is 1. The molecule has 0 aromatic carbocycles. The number of amides is 1. The van der Waals surface area contributed by atoms with Crippen LogP contribution < -0.4 is 0 Å². The number of carboxylic acid groups (broad SMARTS) is 1. The van der Waals surface area contributed by atoms with Crippen LogP contribution in [0.4, 0.5) is 0 Å². The number of likely N-dealkylation sites (tertiary alicyclic amines) is 2. The van der Waals surface area contributed by atoms with Gasteiger partial charge in [-0.15, -0.1) is 11.3 Å². The van der Waals surface area contributed by atoms with Crippen molar-refractivity contribution in [3.8, 4) is 0 Å². The molecular weight excluding hydrogens is 326 g/mol. The third-order valence-electron chi connectivity index (χ3n) is 5.43. The Morgan fingerprint density at radius 2 is 2.12 bits per heavy atom. The van der Waals surface area contributed by atoms with Gasteiger partial charge in [-0.3, -0.25) is 14.5 Å². The van der Waals surface area contributed by atoms with Gasteiger partial charge in [0.2, 0.25) is 5.91 Å². The number of hydrogen-bond donors (Lipinski definition) is 1. The number of hydrogen-bond acceptors (Lipinski definition) is 5. The highest BCUT2D eigenvalue weighted by molar-refractivity contribution is 7.09. The summed E-state index contributed by atoms with van der Waals surface area (Å²) >= 11 is 1.64. The van der Waals surface area contributed by atoms with Crippen molar-refractivity contribution in [3.05, 3.63) is 16.1 Å². The first-order valence-corrected chi connectivity index (χ1v) is 9.46. The first-order chi connectivity index (χ1) is 11.4. The predicted octanol–water partition coefficient (Wildman–Crippen LogP) is 1.99. The molecule has 6 nitrogen and oxygen atoms in total. The molecule has 7 heteroatoms. The van der Waals surface area contributed by atoms with Crippen molar-refractivity contribution < 1.29 is 14.7 Å². The van der Waals surface area contributed by atoms with Crippen LogP contribution in [0.25, 0.3) is 0 Å². The van der Waals surface area contributed by atoms with E-state index in [1.807, 2.05) is 10.3 Å². The molecule has 0 unspecified atom stereocenters. The minimum absolute atomic E-state index is 0.0264. The number of carbonyl (C=O) groups is 2. The summed E-state index contributed by atoms with van der Waals surface area (Å²) < 4.78 is 0. The largest absolute Gasteiger partial charge is 0.480 e. The number of thiazole rings is 1. The second kappa shape index (κ2) is 6.80. The van der Waals surface area contributed by atoms with Gasteiger partial charge in [-0.25, -0.2) is 4.98 Å². The van der Waals surface area contributed by atoms with E-state index in [1.54, 1.807) is 18.3 Å². The van der Waals surface area contributed by atoms with E-state index in [1.165, 1.54) is 0 Å². The van der Waals surface area contributed by atoms with Crippen molar-refractivity contribution in [2.75, 3.05) is 19.6 Å². The van der Waals surface area contributed by atoms with Gasteiger partial charge in [0.15, 0.2) is 0 Å². The van der Waals surface area contributed by atoms with Crippen LogP contribution >= 0.6 is 11.3 Å². The molecule has 2 aliphatic rings. The molecule has 1 atom stereocenters. The summed E-state index contributed by atoms with van der Waals surface area (Å²) in [6, 6.07) is -0.444. The van der Waals surface area contributed by atoms with E-state index in [4.69, 9.17) is 0 Å². The number of aromatic nitrogens is 1. The van der Waals surface area contributed by atoms with Crippen LogP contribution in [0.5, 0.6) is 0 Å². The van der Waals surface area contributed by atoms with Crippen LogP contribution in [0.2, 0.25) is 0 Å². The lowest BCUT2D eigenvalue weighted by Gasteiger charge is -2.39. The summed E-state index contributed by atoms with van der Waals surface area (Å²) in [5.74, 6) is -0.629. The Bertz CT molecular complexity index is 622. The molecule has 1 N–H and O–H groups in total. The Kier molecular flexibility index (Phi) is 4.92. The monoisotopic (exact) mass is 351 g/mol. The summed E-state index contributed by atoms with van der Waals surface area (Å²) in [4.78, 5) is 31.8. The first-order valence-electron chi connectivity index (χ1n) is 8.58. The lowest BCUT2D eigenvalue weighted by Crippen LogP contribution is -2.43. The second-order valence-corrected chi connectivity index (χ2v) is 8.00. The lowest BCUT2D eigenvalue weighted by atomic mass is 9.76. The number of aryl methyl sites for hydroxylation is 1. The van der Waals surface area contributed by atoms with Crippen LogP contribution in [0.3, 0.4) is 0 Å². The van der Waals surface area contributed by atoms with Gasteiger partial charge in [-0.05, 0) is 31.1 Å². The summed E-state index contributed by atoms with van der Waals surface area (Å²) in [6.45, 7) is 6.56. The lowest BCUT2D eigenvalue weighted by molar-refractivity contribution is -0.142. The molecule has 2 aliphatic heterocycles. The third kappa shape index (κ3) is 3.47. The number of nitrogens with zero attached hydrogens (tertiary/aromatic N) is 3. The smallest absolute Gasteiger partial charge is 0.320 e. The Morgan fingerprint density at radius 3 is 2.67 bits per heavy atom. The van der Waals surface area contributed by atoms with E-state index >= 15 is 0 Å². The maximum absolute atomic E-state index is 11.7.